The monoisotopic (exact) mass is 462 g/mol. The molecule has 2 aromatic carbocycles. The normalized spacial score (nSPS) is 18.0. The molecule has 0 unspecified atom stereocenters. The first-order chi connectivity index (χ1) is 14.3. The van der Waals surface area contributed by atoms with Crippen LogP contribution in [0.1, 0.15) is 28.8 Å². The van der Waals surface area contributed by atoms with E-state index in [1.807, 2.05) is 15.9 Å². The number of hydrogen-bond acceptors (Lipinski definition) is 2. The first-order valence-electron chi connectivity index (χ1n) is 9.82. The van der Waals surface area contributed by atoms with Crippen LogP contribution in [0.4, 0.5) is 0 Å². The van der Waals surface area contributed by atoms with Crippen LogP contribution in [0.25, 0.3) is 6.08 Å². The van der Waals surface area contributed by atoms with Crippen molar-refractivity contribution >= 4 is 52.7 Å². The van der Waals surface area contributed by atoms with Crippen LogP contribution >= 0.6 is 34.8 Å². The van der Waals surface area contributed by atoms with Crippen molar-refractivity contribution in [3.63, 3.8) is 0 Å². The van der Waals surface area contributed by atoms with Crippen molar-refractivity contribution in [2.45, 2.75) is 12.8 Å². The highest BCUT2D eigenvalue weighted by atomic mass is 35.5. The van der Waals surface area contributed by atoms with E-state index in [9.17, 15) is 9.59 Å². The highest BCUT2D eigenvalue weighted by molar-refractivity contribution is 6.42. The van der Waals surface area contributed by atoms with Crippen LogP contribution in [0.3, 0.4) is 0 Å². The lowest BCUT2D eigenvalue weighted by Crippen LogP contribution is -2.62. The maximum atomic E-state index is 12.7. The van der Waals surface area contributed by atoms with Gasteiger partial charge in [0.15, 0.2) is 0 Å². The molecular formula is C23H21Cl3N2O2. The van der Waals surface area contributed by atoms with Crippen molar-refractivity contribution in [2.75, 3.05) is 26.2 Å². The maximum absolute atomic E-state index is 12.7. The summed E-state index contributed by atoms with van der Waals surface area (Å²) < 4.78 is 0. The van der Waals surface area contributed by atoms with Crippen LogP contribution in [0.2, 0.25) is 15.1 Å². The second-order valence-electron chi connectivity index (χ2n) is 8.00. The summed E-state index contributed by atoms with van der Waals surface area (Å²) in [5.41, 5.74) is 1.62. The van der Waals surface area contributed by atoms with E-state index in [1.54, 1.807) is 48.6 Å². The molecule has 0 aromatic heterocycles. The van der Waals surface area contributed by atoms with Gasteiger partial charge in [0.1, 0.15) is 0 Å². The molecule has 0 aliphatic carbocycles. The van der Waals surface area contributed by atoms with Gasteiger partial charge in [0, 0.05) is 48.3 Å². The van der Waals surface area contributed by atoms with Crippen molar-refractivity contribution < 1.29 is 9.59 Å². The number of amides is 2. The third kappa shape index (κ3) is 4.51. The molecule has 7 heteroatoms. The highest BCUT2D eigenvalue weighted by Gasteiger charge is 2.46. The summed E-state index contributed by atoms with van der Waals surface area (Å²) in [5, 5.41) is 1.58. The molecule has 2 aliphatic heterocycles. The number of nitrogens with zero attached hydrogens (tertiary/aromatic N) is 2. The molecular weight excluding hydrogens is 443 g/mol. The average Bonchev–Trinajstić information content (AvgIpc) is 2.73. The minimum atomic E-state index is -0.00799. The number of likely N-dealkylation sites (tertiary alicyclic amines) is 2. The summed E-state index contributed by atoms with van der Waals surface area (Å²) in [5.74, 6) is 0.0321. The van der Waals surface area contributed by atoms with Crippen LogP contribution in [-0.4, -0.2) is 47.8 Å². The number of halogens is 3. The minimum Gasteiger partial charge on any atom is -0.339 e. The molecule has 2 saturated heterocycles. The lowest BCUT2D eigenvalue weighted by molar-refractivity contribution is -0.140. The number of hydrogen-bond donors (Lipinski definition) is 0. The predicted molar refractivity (Wildman–Crippen MR) is 121 cm³/mol. The summed E-state index contributed by atoms with van der Waals surface area (Å²) in [6, 6.07) is 12.3. The summed E-state index contributed by atoms with van der Waals surface area (Å²) in [4.78, 5) is 28.9. The topological polar surface area (TPSA) is 40.6 Å². The van der Waals surface area contributed by atoms with Crippen molar-refractivity contribution in [2.24, 2.45) is 5.41 Å². The highest BCUT2D eigenvalue weighted by Crippen LogP contribution is 2.40. The standard InChI is InChI=1S/C23H21Cl3N2O2/c24-18-5-3-17(4-6-18)22(30)27-11-9-23(10-12-27)14-28(15-23)21(29)8-2-16-1-7-19(25)20(26)13-16/h1-8,13H,9-12,14-15H2. The molecule has 2 aromatic rings. The summed E-state index contributed by atoms with van der Waals surface area (Å²) in [6.07, 6.45) is 5.15. The Hall–Kier alpha value is -2.01. The lowest BCUT2D eigenvalue weighted by atomic mass is 9.72. The fourth-order valence-corrected chi connectivity index (χ4v) is 4.52. The van der Waals surface area contributed by atoms with Gasteiger partial charge in [0.05, 0.1) is 10.0 Å². The Balaban J connectivity index is 1.28. The molecule has 0 radical (unpaired) electrons. The second kappa shape index (κ2) is 8.62. The second-order valence-corrected chi connectivity index (χ2v) is 9.25. The van der Waals surface area contributed by atoms with E-state index in [4.69, 9.17) is 34.8 Å². The summed E-state index contributed by atoms with van der Waals surface area (Å²) in [7, 11) is 0. The first-order valence-corrected chi connectivity index (χ1v) is 11.0. The molecule has 2 heterocycles. The number of carbonyl (C=O) groups excluding carboxylic acids is 2. The molecule has 0 N–H and O–H groups in total. The van der Waals surface area contributed by atoms with Gasteiger partial charge in [-0.05, 0) is 60.9 Å². The SMILES string of the molecule is O=C(C=Cc1ccc(Cl)c(Cl)c1)N1CC2(CCN(C(=O)c3ccc(Cl)cc3)CC2)C1. The van der Waals surface area contributed by atoms with Crippen LogP contribution in [0.5, 0.6) is 0 Å². The Morgan fingerprint density at radius 3 is 2.17 bits per heavy atom. The van der Waals surface area contributed by atoms with Gasteiger partial charge in [0.2, 0.25) is 5.91 Å². The molecule has 0 bridgehead atoms. The van der Waals surface area contributed by atoms with Gasteiger partial charge in [-0.1, -0.05) is 40.9 Å². The number of piperidine rings is 1. The smallest absolute Gasteiger partial charge is 0.253 e. The lowest BCUT2D eigenvalue weighted by Gasteiger charge is -2.53. The van der Waals surface area contributed by atoms with E-state index in [1.165, 1.54) is 0 Å². The van der Waals surface area contributed by atoms with E-state index < -0.39 is 0 Å². The Bertz CT molecular complexity index is 988. The van der Waals surface area contributed by atoms with Crippen molar-refractivity contribution in [3.05, 3.63) is 74.7 Å². The molecule has 156 valence electrons. The average molecular weight is 464 g/mol. The van der Waals surface area contributed by atoms with Crippen LogP contribution in [-0.2, 0) is 4.79 Å². The fraction of sp³-hybridized carbons (Fsp3) is 0.304. The number of benzene rings is 2. The van der Waals surface area contributed by atoms with Gasteiger partial charge in [-0.25, -0.2) is 0 Å². The van der Waals surface area contributed by atoms with Gasteiger partial charge in [-0.3, -0.25) is 9.59 Å². The zero-order valence-electron chi connectivity index (χ0n) is 16.3. The molecule has 4 nitrogen and oxygen atoms in total. The molecule has 4 rings (SSSR count). The minimum absolute atomic E-state index is 0.00799. The quantitative estimate of drug-likeness (QED) is 0.570. The van der Waals surface area contributed by atoms with Gasteiger partial charge < -0.3 is 9.80 Å². The predicted octanol–water partition coefficient (Wildman–Crippen LogP) is 5.42. The van der Waals surface area contributed by atoms with E-state index in [0.717, 1.165) is 31.5 Å². The zero-order valence-corrected chi connectivity index (χ0v) is 18.6. The van der Waals surface area contributed by atoms with Crippen molar-refractivity contribution in [1.29, 1.82) is 0 Å². The van der Waals surface area contributed by atoms with Gasteiger partial charge in [-0.2, -0.15) is 0 Å². The Morgan fingerprint density at radius 2 is 1.53 bits per heavy atom. The number of carbonyl (C=O) groups is 2. The molecule has 2 fully saturated rings. The van der Waals surface area contributed by atoms with Crippen LogP contribution in [0, 0.1) is 5.41 Å². The van der Waals surface area contributed by atoms with Crippen LogP contribution in [0.15, 0.2) is 48.5 Å². The van der Waals surface area contributed by atoms with E-state index >= 15 is 0 Å². The summed E-state index contributed by atoms with van der Waals surface area (Å²) >= 11 is 17.8. The molecule has 30 heavy (non-hydrogen) atoms. The molecule has 0 atom stereocenters. The largest absolute Gasteiger partial charge is 0.339 e. The Morgan fingerprint density at radius 1 is 0.867 bits per heavy atom. The van der Waals surface area contributed by atoms with Gasteiger partial charge in [-0.15, -0.1) is 0 Å². The number of rotatable bonds is 3. The maximum Gasteiger partial charge on any atom is 0.253 e. The Kier molecular flexibility index (Phi) is 6.10. The summed E-state index contributed by atoms with van der Waals surface area (Å²) in [6.45, 7) is 2.90. The van der Waals surface area contributed by atoms with Crippen LogP contribution < -0.4 is 0 Å². The van der Waals surface area contributed by atoms with E-state index in [0.29, 0.717) is 33.7 Å². The first kappa shape index (κ1) is 21.2. The molecule has 2 amide bonds. The van der Waals surface area contributed by atoms with Crippen molar-refractivity contribution in [3.8, 4) is 0 Å². The molecule has 1 spiro atoms. The Labute approximate surface area is 191 Å². The van der Waals surface area contributed by atoms with E-state index in [2.05, 4.69) is 0 Å². The van der Waals surface area contributed by atoms with Gasteiger partial charge >= 0.3 is 0 Å². The third-order valence-corrected chi connectivity index (χ3v) is 6.92. The molecule has 2 aliphatic rings. The van der Waals surface area contributed by atoms with Gasteiger partial charge in [0.25, 0.3) is 5.91 Å². The molecule has 0 saturated carbocycles. The fourth-order valence-electron chi connectivity index (χ4n) is 4.08. The zero-order chi connectivity index (χ0) is 21.3. The van der Waals surface area contributed by atoms with E-state index in [-0.39, 0.29) is 17.2 Å². The third-order valence-electron chi connectivity index (χ3n) is 5.93. The van der Waals surface area contributed by atoms with Crippen molar-refractivity contribution in [1.82, 2.24) is 9.80 Å².